The Bertz CT molecular complexity index is 607. The molecule has 0 aromatic heterocycles. The highest BCUT2D eigenvalue weighted by atomic mass is 32.2. The van der Waals surface area contributed by atoms with Crippen LogP contribution < -0.4 is 5.32 Å². The zero-order valence-electron chi connectivity index (χ0n) is 11.6. The molecule has 1 aromatic carbocycles. The van der Waals surface area contributed by atoms with Gasteiger partial charge in [-0.2, -0.15) is 10.5 Å². The molecule has 2 rings (SSSR count). The van der Waals surface area contributed by atoms with E-state index < -0.39 is 0 Å². The third-order valence-electron chi connectivity index (χ3n) is 2.97. The molecule has 20 heavy (non-hydrogen) atoms. The van der Waals surface area contributed by atoms with Gasteiger partial charge < -0.3 is 5.32 Å². The first kappa shape index (κ1) is 14.4. The van der Waals surface area contributed by atoms with Gasteiger partial charge in [-0.05, 0) is 30.5 Å². The summed E-state index contributed by atoms with van der Waals surface area (Å²) >= 11 is 1.70. The van der Waals surface area contributed by atoms with E-state index in [0.29, 0.717) is 23.1 Å². The molecule has 0 amide bonds. The molecule has 0 saturated heterocycles. The molecule has 1 aliphatic heterocycles. The van der Waals surface area contributed by atoms with Gasteiger partial charge >= 0.3 is 0 Å². The average molecular weight is 284 g/mol. The minimum Gasteiger partial charge on any atom is -0.335 e. The zero-order valence-corrected chi connectivity index (χ0v) is 12.4. The van der Waals surface area contributed by atoms with Crippen molar-refractivity contribution in [2.24, 2.45) is 10.9 Å². The van der Waals surface area contributed by atoms with Crippen molar-refractivity contribution in [2.45, 2.75) is 26.3 Å². The minimum absolute atomic E-state index is 0.372. The molecule has 4 nitrogen and oxygen atoms in total. The Morgan fingerprint density at radius 1 is 1.35 bits per heavy atom. The zero-order chi connectivity index (χ0) is 14.5. The van der Waals surface area contributed by atoms with Crippen molar-refractivity contribution in [1.82, 2.24) is 0 Å². The Labute approximate surface area is 123 Å². The number of nitrogens with zero attached hydrogens (tertiary/aromatic N) is 3. The Kier molecular flexibility index (Phi) is 4.65. The Balaban J connectivity index is 2.08. The maximum atomic E-state index is 9.01. The van der Waals surface area contributed by atoms with E-state index in [-0.39, 0.29) is 0 Å². The fourth-order valence-electron chi connectivity index (χ4n) is 2.08. The van der Waals surface area contributed by atoms with Crippen LogP contribution in [0.4, 0.5) is 5.69 Å². The number of amidine groups is 1. The fraction of sp³-hybridized carbons (Fsp3) is 0.400. The van der Waals surface area contributed by atoms with Crippen LogP contribution in [0.25, 0.3) is 0 Å². The normalized spacial score (nSPS) is 17.4. The van der Waals surface area contributed by atoms with Crippen LogP contribution >= 0.6 is 11.8 Å². The molecule has 0 spiro atoms. The van der Waals surface area contributed by atoms with Crippen LogP contribution in [-0.2, 0) is 0 Å². The monoisotopic (exact) mass is 284 g/mol. The molecule has 0 bridgehead atoms. The van der Waals surface area contributed by atoms with Crippen LogP contribution in [0.2, 0.25) is 0 Å². The first-order chi connectivity index (χ1) is 9.62. The predicted octanol–water partition coefficient (Wildman–Crippen LogP) is 3.36. The van der Waals surface area contributed by atoms with Crippen molar-refractivity contribution >= 4 is 22.6 Å². The lowest BCUT2D eigenvalue weighted by molar-refractivity contribution is 0.529. The maximum Gasteiger partial charge on any atom is 0.161 e. The number of benzene rings is 1. The van der Waals surface area contributed by atoms with Gasteiger partial charge in [0.1, 0.15) is 12.1 Å². The molecule has 1 unspecified atom stereocenters. The van der Waals surface area contributed by atoms with Crippen LogP contribution in [0.3, 0.4) is 0 Å². The number of anilines is 1. The molecule has 1 N–H and O–H groups in total. The molecule has 0 saturated carbocycles. The molecule has 1 atom stereocenters. The molecular weight excluding hydrogens is 268 g/mol. The van der Waals surface area contributed by atoms with Crippen molar-refractivity contribution in [3.8, 4) is 12.1 Å². The van der Waals surface area contributed by atoms with Crippen molar-refractivity contribution in [1.29, 1.82) is 10.5 Å². The van der Waals surface area contributed by atoms with Gasteiger partial charge in [0.2, 0.25) is 0 Å². The SMILES string of the molecule is CC(C)CC1CSC(Nc2ccc(C#N)c(C#N)c2)=N1. The molecule has 1 heterocycles. The average Bonchev–Trinajstić information content (AvgIpc) is 2.85. The van der Waals surface area contributed by atoms with Gasteiger partial charge in [0, 0.05) is 11.4 Å². The van der Waals surface area contributed by atoms with Crippen molar-refractivity contribution in [3.05, 3.63) is 29.3 Å². The number of rotatable bonds is 3. The lowest BCUT2D eigenvalue weighted by Gasteiger charge is -2.07. The summed E-state index contributed by atoms with van der Waals surface area (Å²) in [7, 11) is 0. The summed E-state index contributed by atoms with van der Waals surface area (Å²) in [4.78, 5) is 4.64. The Morgan fingerprint density at radius 3 is 2.75 bits per heavy atom. The second-order valence-corrected chi connectivity index (χ2v) is 6.15. The van der Waals surface area contributed by atoms with E-state index in [9.17, 15) is 0 Å². The predicted molar refractivity (Wildman–Crippen MR) is 82.6 cm³/mol. The molecule has 5 heteroatoms. The molecule has 0 fully saturated rings. The number of aliphatic imine (C=N–C) groups is 1. The number of hydrogen-bond donors (Lipinski definition) is 1. The van der Waals surface area contributed by atoms with Crippen LogP contribution in [0.5, 0.6) is 0 Å². The van der Waals surface area contributed by atoms with Gasteiger partial charge in [0.25, 0.3) is 0 Å². The molecule has 1 aliphatic rings. The highest BCUT2D eigenvalue weighted by molar-refractivity contribution is 8.14. The summed E-state index contributed by atoms with van der Waals surface area (Å²) in [6.45, 7) is 4.40. The lowest BCUT2D eigenvalue weighted by Crippen LogP contribution is -2.08. The van der Waals surface area contributed by atoms with Gasteiger partial charge in [0.15, 0.2) is 5.17 Å². The number of nitrogens with one attached hydrogen (secondary N) is 1. The van der Waals surface area contributed by atoms with E-state index >= 15 is 0 Å². The summed E-state index contributed by atoms with van der Waals surface area (Å²) < 4.78 is 0. The first-order valence-corrected chi connectivity index (χ1v) is 7.52. The molecule has 0 aliphatic carbocycles. The van der Waals surface area contributed by atoms with E-state index in [1.807, 2.05) is 12.1 Å². The standard InChI is InChI=1S/C15H16N4S/c1-10(2)5-14-9-20-15(19-14)18-13-4-3-11(7-16)12(6-13)8-17/h3-4,6,10,14H,5,9H2,1-2H3,(H,18,19). The third kappa shape index (κ3) is 3.53. The van der Waals surface area contributed by atoms with Crippen LogP contribution in [0.1, 0.15) is 31.4 Å². The second kappa shape index (κ2) is 6.45. The smallest absolute Gasteiger partial charge is 0.161 e. The molecule has 102 valence electrons. The highest BCUT2D eigenvalue weighted by Crippen LogP contribution is 2.24. The molecule has 0 radical (unpaired) electrons. The summed E-state index contributed by atoms with van der Waals surface area (Å²) in [6, 6.07) is 9.57. The maximum absolute atomic E-state index is 9.01. The summed E-state index contributed by atoms with van der Waals surface area (Å²) in [5, 5.41) is 22.0. The van der Waals surface area contributed by atoms with Crippen LogP contribution in [0, 0.1) is 28.6 Å². The van der Waals surface area contributed by atoms with Gasteiger partial charge in [-0.15, -0.1) is 0 Å². The summed E-state index contributed by atoms with van der Waals surface area (Å²) in [5.41, 5.74) is 1.59. The summed E-state index contributed by atoms with van der Waals surface area (Å²) in [6.07, 6.45) is 1.09. The third-order valence-corrected chi connectivity index (χ3v) is 4.00. The molecule has 1 aromatic rings. The van der Waals surface area contributed by atoms with Crippen LogP contribution in [-0.4, -0.2) is 17.0 Å². The van der Waals surface area contributed by atoms with Gasteiger partial charge in [0.05, 0.1) is 17.2 Å². The summed E-state index contributed by atoms with van der Waals surface area (Å²) in [5.74, 6) is 1.64. The lowest BCUT2D eigenvalue weighted by atomic mass is 10.1. The van der Waals surface area contributed by atoms with E-state index in [0.717, 1.165) is 23.0 Å². The number of hydrogen-bond acceptors (Lipinski definition) is 5. The second-order valence-electron chi connectivity index (χ2n) is 5.14. The van der Waals surface area contributed by atoms with Crippen molar-refractivity contribution in [2.75, 3.05) is 11.1 Å². The van der Waals surface area contributed by atoms with Crippen molar-refractivity contribution in [3.63, 3.8) is 0 Å². The Morgan fingerprint density at radius 2 is 2.10 bits per heavy atom. The van der Waals surface area contributed by atoms with E-state index in [2.05, 4.69) is 24.2 Å². The van der Waals surface area contributed by atoms with E-state index in [1.54, 1.807) is 30.0 Å². The largest absolute Gasteiger partial charge is 0.335 e. The van der Waals surface area contributed by atoms with Gasteiger partial charge in [-0.1, -0.05) is 25.6 Å². The number of thioether (sulfide) groups is 1. The van der Waals surface area contributed by atoms with E-state index in [4.69, 9.17) is 10.5 Å². The fourth-order valence-corrected chi connectivity index (χ4v) is 3.06. The quantitative estimate of drug-likeness (QED) is 0.923. The van der Waals surface area contributed by atoms with E-state index in [1.165, 1.54) is 0 Å². The van der Waals surface area contributed by atoms with Crippen LogP contribution in [0.15, 0.2) is 23.2 Å². The van der Waals surface area contributed by atoms with Crippen molar-refractivity contribution < 1.29 is 0 Å². The number of nitriles is 2. The topological polar surface area (TPSA) is 72.0 Å². The molecular formula is C15H16N4S. The minimum atomic E-state index is 0.372. The Hall–Kier alpha value is -1.98. The first-order valence-electron chi connectivity index (χ1n) is 6.54. The highest BCUT2D eigenvalue weighted by Gasteiger charge is 2.19. The van der Waals surface area contributed by atoms with Gasteiger partial charge in [-0.25, -0.2) is 0 Å². The van der Waals surface area contributed by atoms with Gasteiger partial charge in [-0.3, -0.25) is 4.99 Å².